The van der Waals surface area contributed by atoms with Crippen molar-refractivity contribution in [3.63, 3.8) is 0 Å². The van der Waals surface area contributed by atoms with Gasteiger partial charge in [0.2, 0.25) is 0 Å². The molecule has 1 aromatic heterocycles. The summed E-state index contributed by atoms with van der Waals surface area (Å²) >= 11 is 0. The maximum absolute atomic E-state index is 4.68. The molecule has 0 unspecified atom stereocenters. The van der Waals surface area contributed by atoms with E-state index in [2.05, 4.69) is 46.0 Å². The molecule has 0 radical (unpaired) electrons. The molecule has 0 N–H and O–H groups in total. The van der Waals surface area contributed by atoms with Crippen LogP contribution in [0.15, 0.2) is 24.3 Å². The number of aryl methyl sites for hydroxylation is 1. The fourth-order valence-electron chi connectivity index (χ4n) is 3.58. The standard InChI is InChI=1S/C18H21N3/c1-12-2-6-14(7-3-12)18(10-11-18)17-20-19-16(13-4-5-13)21(17)15-8-9-15/h2-3,6-7,13,15H,4-5,8-11H2,1H3. The fourth-order valence-corrected chi connectivity index (χ4v) is 3.58. The predicted molar refractivity (Wildman–Crippen MR) is 81.5 cm³/mol. The summed E-state index contributed by atoms with van der Waals surface area (Å²) in [5.74, 6) is 3.24. The lowest BCUT2D eigenvalue weighted by molar-refractivity contribution is 0.605. The van der Waals surface area contributed by atoms with Crippen molar-refractivity contribution in [2.75, 3.05) is 0 Å². The first-order chi connectivity index (χ1) is 10.3. The highest BCUT2D eigenvalue weighted by Crippen LogP contribution is 2.56. The molecule has 0 amide bonds. The van der Waals surface area contributed by atoms with Crippen LogP contribution in [0.2, 0.25) is 0 Å². The lowest BCUT2D eigenvalue weighted by Crippen LogP contribution is -2.17. The molecule has 21 heavy (non-hydrogen) atoms. The molecule has 0 spiro atoms. The van der Waals surface area contributed by atoms with Crippen LogP contribution in [-0.4, -0.2) is 14.8 Å². The summed E-state index contributed by atoms with van der Waals surface area (Å²) in [6.45, 7) is 2.15. The molecular weight excluding hydrogens is 258 g/mol. The van der Waals surface area contributed by atoms with Gasteiger partial charge >= 0.3 is 0 Å². The molecule has 0 bridgehead atoms. The van der Waals surface area contributed by atoms with E-state index in [0.29, 0.717) is 12.0 Å². The highest BCUT2D eigenvalue weighted by atomic mass is 15.3. The molecule has 0 atom stereocenters. The number of benzene rings is 1. The number of aromatic nitrogens is 3. The van der Waals surface area contributed by atoms with Crippen molar-refractivity contribution in [3.8, 4) is 0 Å². The van der Waals surface area contributed by atoms with Gasteiger partial charge in [-0.1, -0.05) is 29.8 Å². The number of hydrogen-bond acceptors (Lipinski definition) is 2. The second-order valence-electron chi connectivity index (χ2n) is 7.21. The molecule has 108 valence electrons. The molecule has 3 aliphatic rings. The van der Waals surface area contributed by atoms with Crippen LogP contribution in [0, 0.1) is 6.92 Å². The number of nitrogens with zero attached hydrogens (tertiary/aromatic N) is 3. The summed E-state index contributed by atoms with van der Waals surface area (Å²) in [7, 11) is 0. The Bertz CT molecular complexity index is 686. The van der Waals surface area contributed by atoms with Crippen molar-refractivity contribution >= 4 is 0 Å². The van der Waals surface area contributed by atoms with Crippen LogP contribution in [0.4, 0.5) is 0 Å². The van der Waals surface area contributed by atoms with E-state index in [4.69, 9.17) is 0 Å². The highest BCUT2D eigenvalue weighted by molar-refractivity contribution is 5.41. The van der Waals surface area contributed by atoms with Crippen molar-refractivity contribution in [1.29, 1.82) is 0 Å². The molecule has 3 nitrogen and oxygen atoms in total. The lowest BCUT2D eigenvalue weighted by atomic mass is 9.94. The molecule has 1 heterocycles. The van der Waals surface area contributed by atoms with Gasteiger partial charge in [-0.25, -0.2) is 0 Å². The summed E-state index contributed by atoms with van der Waals surface area (Å²) in [5, 5.41) is 9.29. The SMILES string of the molecule is Cc1ccc(C2(c3nnc(C4CC4)n3C3CC3)CC2)cc1. The van der Waals surface area contributed by atoms with E-state index < -0.39 is 0 Å². The lowest BCUT2D eigenvalue weighted by Gasteiger charge is -2.18. The molecule has 2 aromatic rings. The maximum atomic E-state index is 4.68. The maximum Gasteiger partial charge on any atom is 0.143 e. The van der Waals surface area contributed by atoms with Gasteiger partial charge in [0.1, 0.15) is 11.6 Å². The third kappa shape index (κ3) is 1.79. The topological polar surface area (TPSA) is 30.7 Å². The van der Waals surface area contributed by atoms with E-state index in [0.717, 1.165) is 0 Å². The zero-order valence-corrected chi connectivity index (χ0v) is 12.5. The second kappa shape index (κ2) is 3.96. The van der Waals surface area contributed by atoms with E-state index in [-0.39, 0.29) is 5.41 Å². The molecular formula is C18H21N3. The van der Waals surface area contributed by atoms with Crippen molar-refractivity contribution in [2.45, 2.75) is 62.8 Å². The summed E-state index contributed by atoms with van der Waals surface area (Å²) in [6.07, 6.45) is 7.70. The van der Waals surface area contributed by atoms with Crippen LogP contribution >= 0.6 is 0 Å². The summed E-state index contributed by atoms with van der Waals surface area (Å²) in [4.78, 5) is 0. The third-order valence-corrected chi connectivity index (χ3v) is 5.36. The van der Waals surface area contributed by atoms with Crippen LogP contribution in [0.25, 0.3) is 0 Å². The molecule has 1 aromatic carbocycles. The molecule has 0 saturated heterocycles. The molecule has 3 aliphatic carbocycles. The first-order valence-corrected chi connectivity index (χ1v) is 8.30. The first kappa shape index (κ1) is 12.0. The Morgan fingerprint density at radius 2 is 1.71 bits per heavy atom. The summed E-state index contributed by atoms with van der Waals surface area (Å²) < 4.78 is 2.53. The van der Waals surface area contributed by atoms with Crippen molar-refractivity contribution in [2.24, 2.45) is 0 Å². The Labute approximate surface area is 125 Å². The van der Waals surface area contributed by atoms with Gasteiger partial charge in [-0.2, -0.15) is 0 Å². The average Bonchev–Trinajstić information content (AvgIpc) is 3.34. The van der Waals surface area contributed by atoms with E-state index in [9.17, 15) is 0 Å². The highest BCUT2D eigenvalue weighted by Gasteiger charge is 2.52. The summed E-state index contributed by atoms with van der Waals surface area (Å²) in [5.41, 5.74) is 2.93. The fraction of sp³-hybridized carbons (Fsp3) is 0.556. The van der Waals surface area contributed by atoms with Gasteiger partial charge in [-0.3, -0.25) is 0 Å². The van der Waals surface area contributed by atoms with Gasteiger partial charge in [0, 0.05) is 12.0 Å². The molecule has 0 aliphatic heterocycles. The minimum absolute atomic E-state index is 0.163. The van der Waals surface area contributed by atoms with Crippen LogP contribution < -0.4 is 0 Å². The van der Waals surface area contributed by atoms with Gasteiger partial charge < -0.3 is 4.57 Å². The predicted octanol–water partition coefficient (Wildman–Crippen LogP) is 3.88. The van der Waals surface area contributed by atoms with Gasteiger partial charge in [-0.05, 0) is 51.0 Å². The monoisotopic (exact) mass is 279 g/mol. The van der Waals surface area contributed by atoms with Crippen LogP contribution in [0.3, 0.4) is 0 Å². The Hall–Kier alpha value is -1.64. The van der Waals surface area contributed by atoms with E-state index >= 15 is 0 Å². The number of hydrogen-bond donors (Lipinski definition) is 0. The van der Waals surface area contributed by atoms with E-state index in [1.807, 2.05) is 0 Å². The average molecular weight is 279 g/mol. The van der Waals surface area contributed by atoms with Crippen LogP contribution in [0.1, 0.15) is 73.3 Å². The minimum Gasteiger partial charge on any atom is -0.311 e. The molecule has 5 rings (SSSR count). The smallest absolute Gasteiger partial charge is 0.143 e. The molecule has 3 saturated carbocycles. The minimum atomic E-state index is 0.163. The molecule has 3 heteroatoms. The Balaban J connectivity index is 1.62. The summed E-state index contributed by atoms with van der Waals surface area (Å²) in [6, 6.07) is 9.74. The zero-order chi connectivity index (χ0) is 14.0. The van der Waals surface area contributed by atoms with E-state index in [1.165, 1.54) is 61.3 Å². The van der Waals surface area contributed by atoms with Gasteiger partial charge in [0.25, 0.3) is 0 Å². The molecule has 3 fully saturated rings. The zero-order valence-electron chi connectivity index (χ0n) is 12.5. The van der Waals surface area contributed by atoms with Crippen LogP contribution in [-0.2, 0) is 5.41 Å². The Morgan fingerprint density at radius 3 is 2.29 bits per heavy atom. The third-order valence-electron chi connectivity index (χ3n) is 5.36. The van der Waals surface area contributed by atoms with Crippen LogP contribution in [0.5, 0.6) is 0 Å². The van der Waals surface area contributed by atoms with E-state index in [1.54, 1.807) is 0 Å². The van der Waals surface area contributed by atoms with Gasteiger partial charge in [0.15, 0.2) is 0 Å². The normalized spacial score (nSPS) is 23.3. The van der Waals surface area contributed by atoms with Crippen molar-refractivity contribution < 1.29 is 0 Å². The quantitative estimate of drug-likeness (QED) is 0.850. The second-order valence-corrected chi connectivity index (χ2v) is 7.21. The van der Waals surface area contributed by atoms with Crippen molar-refractivity contribution in [1.82, 2.24) is 14.8 Å². The van der Waals surface area contributed by atoms with Gasteiger partial charge in [0.05, 0.1) is 5.41 Å². The Morgan fingerprint density at radius 1 is 1.00 bits per heavy atom. The largest absolute Gasteiger partial charge is 0.311 e. The number of rotatable bonds is 4. The van der Waals surface area contributed by atoms with Gasteiger partial charge in [-0.15, -0.1) is 10.2 Å². The first-order valence-electron chi connectivity index (χ1n) is 8.30. The Kier molecular flexibility index (Phi) is 2.26. The van der Waals surface area contributed by atoms with Crippen molar-refractivity contribution in [3.05, 3.63) is 47.0 Å².